The molecule has 0 heterocycles. The Bertz CT molecular complexity index is 214. The lowest BCUT2D eigenvalue weighted by molar-refractivity contribution is 0.572. The largest absolute Gasteiger partial charge is 0.329 e. The summed E-state index contributed by atoms with van der Waals surface area (Å²) in [6, 6.07) is 3.82. The summed E-state index contributed by atoms with van der Waals surface area (Å²) >= 11 is 0. The van der Waals surface area contributed by atoms with Crippen molar-refractivity contribution in [2.45, 2.75) is 0 Å². The van der Waals surface area contributed by atoms with E-state index in [0.717, 1.165) is 32.7 Å². The number of nitrogens with zero attached hydrogens (tertiary/aromatic N) is 2. The number of nitriles is 2. The van der Waals surface area contributed by atoms with E-state index in [1.54, 1.807) is 0 Å². The van der Waals surface area contributed by atoms with Gasteiger partial charge in [0.1, 0.15) is 5.92 Å². The minimum Gasteiger partial charge on any atom is -0.329 e. The molecule has 0 aliphatic rings. The van der Waals surface area contributed by atoms with Gasteiger partial charge in [0.15, 0.2) is 0 Å². The third kappa shape index (κ3) is 9.38. The van der Waals surface area contributed by atoms with E-state index in [0.29, 0.717) is 13.1 Å². The summed E-state index contributed by atoms with van der Waals surface area (Å²) in [5, 5.41) is 26.4. The van der Waals surface area contributed by atoms with Gasteiger partial charge in [0.2, 0.25) is 0 Å². The molecule has 0 aliphatic carbocycles. The van der Waals surface area contributed by atoms with E-state index >= 15 is 0 Å². The van der Waals surface area contributed by atoms with Crippen LogP contribution in [-0.2, 0) is 0 Å². The van der Waals surface area contributed by atoms with Crippen molar-refractivity contribution in [3.05, 3.63) is 0 Å². The van der Waals surface area contributed by atoms with E-state index in [-0.39, 0.29) is 0 Å². The molecule has 0 saturated carbocycles. The fraction of sp³-hybridized carbons (Fsp3) is 0.800. The van der Waals surface area contributed by atoms with Crippen LogP contribution in [0.25, 0.3) is 0 Å². The maximum absolute atomic E-state index is 8.50. The van der Waals surface area contributed by atoms with Gasteiger partial charge >= 0.3 is 0 Å². The first kappa shape index (κ1) is 14.8. The zero-order chi connectivity index (χ0) is 12.1. The second-order valence-corrected chi connectivity index (χ2v) is 3.30. The minimum atomic E-state index is -0.550. The lowest BCUT2D eigenvalue weighted by atomic mass is 10.2. The van der Waals surface area contributed by atoms with Crippen molar-refractivity contribution >= 4 is 0 Å². The first-order valence-electron chi connectivity index (χ1n) is 5.46. The molecule has 0 bridgehead atoms. The molecule has 6 nitrogen and oxygen atoms in total. The number of hydrogen-bond acceptors (Lipinski definition) is 6. The highest BCUT2D eigenvalue weighted by Crippen LogP contribution is 1.86. The number of hydrogen-bond donors (Lipinski definition) is 4. The standard InChI is InChI=1S/C10H20N6/c11-1-2-14-3-4-15-5-6-16-9-10(7-12)8-13/h10,14-16H,1-6,9,11H2. The van der Waals surface area contributed by atoms with Crippen LogP contribution in [0.15, 0.2) is 0 Å². The SMILES string of the molecule is N#CC(C#N)CNCCNCCNCCN. The average Bonchev–Trinajstić information content (AvgIpc) is 2.32. The molecule has 0 aromatic carbocycles. The Hall–Kier alpha value is -1.18. The Labute approximate surface area is 96.8 Å². The molecule has 5 N–H and O–H groups in total. The number of nitrogens with one attached hydrogen (secondary N) is 3. The smallest absolute Gasteiger partial charge is 0.145 e. The summed E-state index contributed by atoms with van der Waals surface area (Å²) in [5.41, 5.74) is 5.32. The van der Waals surface area contributed by atoms with Crippen molar-refractivity contribution in [1.82, 2.24) is 16.0 Å². The van der Waals surface area contributed by atoms with E-state index in [4.69, 9.17) is 16.3 Å². The Balaban J connectivity index is 3.11. The molecule has 0 fully saturated rings. The predicted octanol–water partition coefficient (Wildman–Crippen LogP) is -1.62. The minimum absolute atomic E-state index is 0.431. The third-order valence-corrected chi connectivity index (χ3v) is 1.94. The Morgan fingerprint density at radius 3 is 1.88 bits per heavy atom. The summed E-state index contributed by atoms with van der Waals surface area (Å²) in [5.74, 6) is -0.550. The fourth-order valence-electron chi connectivity index (χ4n) is 1.07. The molecular weight excluding hydrogens is 204 g/mol. The maximum Gasteiger partial charge on any atom is 0.145 e. The van der Waals surface area contributed by atoms with Crippen molar-refractivity contribution < 1.29 is 0 Å². The van der Waals surface area contributed by atoms with E-state index in [1.165, 1.54) is 0 Å². The Morgan fingerprint density at radius 2 is 1.38 bits per heavy atom. The van der Waals surface area contributed by atoms with Crippen molar-refractivity contribution in [1.29, 1.82) is 10.5 Å². The molecule has 0 aliphatic heterocycles. The fourth-order valence-corrected chi connectivity index (χ4v) is 1.07. The molecule has 0 rings (SSSR count). The molecule has 0 amide bonds. The number of nitrogens with two attached hydrogens (primary N) is 1. The normalized spacial score (nSPS) is 10.0. The molecule has 0 radical (unpaired) electrons. The molecule has 0 spiro atoms. The van der Waals surface area contributed by atoms with Gasteiger partial charge in [-0.1, -0.05) is 0 Å². The molecule has 0 saturated heterocycles. The van der Waals surface area contributed by atoms with E-state index in [2.05, 4.69) is 16.0 Å². The molecule has 90 valence electrons. The number of rotatable bonds is 10. The van der Waals surface area contributed by atoms with Crippen LogP contribution >= 0.6 is 0 Å². The zero-order valence-corrected chi connectivity index (χ0v) is 9.50. The van der Waals surface area contributed by atoms with E-state index in [9.17, 15) is 0 Å². The van der Waals surface area contributed by atoms with Gasteiger partial charge < -0.3 is 21.7 Å². The Morgan fingerprint density at radius 1 is 0.875 bits per heavy atom. The van der Waals surface area contributed by atoms with Crippen molar-refractivity contribution in [3.8, 4) is 12.1 Å². The summed E-state index contributed by atoms with van der Waals surface area (Å²) in [7, 11) is 0. The molecule has 0 unspecified atom stereocenters. The molecule has 0 atom stereocenters. The monoisotopic (exact) mass is 224 g/mol. The summed E-state index contributed by atoms with van der Waals surface area (Å²) in [6.07, 6.45) is 0. The van der Waals surface area contributed by atoms with Crippen LogP contribution in [0.5, 0.6) is 0 Å². The molecule has 0 aromatic heterocycles. The van der Waals surface area contributed by atoms with E-state index < -0.39 is 5.92 Å². The lowest BCUT2D eigenvalue weighted by Crippen LogP contribution is -2.35. The van der Waals surface area contributed by atoms with Gasteiger partial charge in [-0.3, -0.25) is 0 Å². The van der Waals surface area contributed by atoms with Crippen LogP contribution in [-0.4, -0.2) is 45.8 Å². The maximum atomic E-state index is 8.50. The second-order valence-electron chi connectivity index (χ2n) is 3.30. The van der Waals surface area contributed by atoms with Crippen LogP contribution in [0.4, 0.5) is 0 Å². The second kappa shape index (κ2) is 11.9. The predicted molar refractivity (Wildman–Crippen MR) is 62.4 cm³/mol. The van der Waals surface area contributed by atoms with Gasteiger partial charge in [-0.05, 0) is 0 Å². The third-order valence-electron chi connectivity index (χ3n) is 1.94. The van der Waals surface area contributed by atoms with Crippen LogP contribution in [0, 0.1) is 28.6 Å². The highest BCUT2D eigenvalue weighted by molar-refractivity contribution is 4.99. The van der Waals surface area contributed by atoms with Crippen LogP contribution < -0.4 is 21.7 Å². The van der Waals surface area contributed by atoms with Gasteiger partial charge in [-0.25, -0.2) is 0 Å². The Kier molecular flexibility index (Phi) is 11.0. The van der Waals surface area contributed by atoms with Gasteiger partial charge in [0.25, 0.3) is 0 Å². The van der Waals surface area contributed by atoms with Gasteiger partial charge in [-0.15, -0.1) is 0 Å². The first-order valence-corrected chi connectivity index (χ1v) is 5.46. The van der Waals surface area contributed by atoms with E-state index in [1.807, 2.05) is 12.1 Å². The van der Waals surface area contributed by atoms with Crippen LogP contribution in [0.2, 0.25) is 0 Å². The van der Waals surface area contributed by atoms with Gasteiger partial charge in [0.05, 0.1) is 12.1 Å². The first-order chi connectivity index (χ1) is 7.85. The molecular formula is C10H20N6. The van der Waals surface area contributed by atoms with Crippen LogP contribution in [0.1, 0.15) is 0 Å². The summed E-state index contributed by atoms with van der Waals surface area (Å²) < 4.78 is 0. The lowest BCUT2D eigenvalue weighted by Gasteiger charge is -2.07. The molecule has 0 aromatic rings. The topological polar surface area (TPSA) is 110 Å². The zero-order valence-electron chi connectivity index (χ0n) is 9.50. The molecule has 6 heteroatoms. The quantitative estimate of drug-likeness (QED) is 0.332. The molecule has 16 heavy (non-hydrogen) atoms. The van der Waals surface area contributed by atoms with Crippen LogP contribution in [0.3, 0.4) is 0 Å². The highest BCUT2D eigenvalue weighted by atomic mass is 15.0. The summed E-state index contributed by atoms with van der Waals surface area (Å²) in [6.45, 7) is 5.31. The highest BCUT2D eigenvalue weighted by Gasteiger charge is 2.02. The van der Waals surface area contributed by atoms with Crippen molar-refractivity contribution in [2.24, 2.45) is 11.7 Å². The van der Waals surface area contributed by atoms with Crippen molar-refractivity contribution in [2.75, 3.05) is 45.8 Å². The van der Waals surface area contributed by atoms with Gasteiger partial charge in [0, 0.05) is 45.8 Å². The van der Waals surface area contributed by atoms with Crippen molar-refractivity contribution in [3.63, 3.8) is 0 Å². The average molecular weight is 224 g/mol. The summed E-state index contributed by atoms with van der Waals surface area (Å²) in [4.78, 5) is 0. The van der Waals surface area contributed by atoms with Gasteiger partial charge in [-0.2, -0.15) is 10.5 Å².